The fraction of sp³-hybridized carbons (Fsp3) is 0.412. The molecule has 2 aromatic heterocycles. The lowest BCUT2D eigenvalue weighted by molar-refractivity contribution is 0.248. The topological polar surface area (TPSA) is 65.6 Å². The van der Waals surface area contributed by atoms with Crippen LogP contribution in [0.3, 0.4) is 0 Å². The number of hydrogen-bond acceptors (Lipinski definition) is 4. The molecular formula is C17H19N5O. The highest BCUT2D eigenvalue weighted by atomic mass is 16.1. The minimum atomic E-state index is -0.0944. The van der Waals surface area contributed by atoms with E-state index < -0.39 is 0 Å². The average Bonchev–Trinajstić information content (AvgIpc) is 2.92. The van der Waals surface area contributed by atoms with Gasteiger partial charge in [-0.1, -0.05) is 32.0 Å². The number of benzene rings is 1. The van der Waals surface area contributed by atoms with E-state index in [1.807, 2.05) is 24.3 Å². The van der Waals surface area contributed by atoms with Crippen LogP contribution in [0.15, 0.2) is 29.1 Å². The van der Waals surface area contributed by atoms with Gasteiger partial charge in [-0.05, 0) is 17.9 Å². The maximum Gasteiger partial charge on any atom is 0.274 e. The van der Waals surface area contributed by atoms with Crippen LogP contribution in [-0.2, 0) is 20.0 Å². The number of fused-ring (bicyclic) bond motifs is 2. The Morgan fingerprint density at radius 3 is 2.65 bits per heavy atom. The van der Waals surface area contributed by atoms with Gasteiger partial charge in [0.15, 0.2) is 5.82 Å². The number of aromatic nitrogens is 5. The molecule has 0 unspecified atom stereocenters. The molecule has 6 nitrogen and oxygen atoms in total. The molecule has 3 heterocycles. The molecule has 1 aromatic carbocycles. The van der Waals surface area contributed by atoms with E-state index in [0.29, 0.717) is 5.39 Å². The molecule has 0 radical (unpaired) electrons. The van der Waals surface area contributed by atoms with Crippen molar-refractivity contribution >= 4 is 10.8 Å². The zero-order chi connectivity index (χ0) is 16.2. The Labute approximate surface area is 133 Å². The lowest BCUT2D eigenvalue weighted by Crippen LogP contribution is -2.28. The maximum atomic E-state index is 12.3. The van der Waals surface area contributed by atoms with Crippen LogP contribution in [0, 0.1) is 5.41 Å². The highest BCUT2D eigenvalue weighted by molar-refractivity contribution is 5.92. The van der Waals surface area contributed by atoms with Crippen molar-refractivity contribution in [1.82, 2.24) is 24.5 Å². The molecule has 3 aromatic rings. The number of aryl methyl sites for hydroxylation is 2. The molecular weight excluding hydrogens is 290 g/mol. The molecule has 0 fully saturated rings. The summed E-state index contributed by atoms with van der Waals surface area (Å²) in [5, 5.41) is 14.7. The van der Waals surface area contributed by atoms with E-state index in [0.717, 1.165) is 42.1 Å². The van der Waals surface area contributed by atoms with Gasteiger partial charge in [-0.25, -0.2) is 4.68 Å². The number of nitrogens with zero attached hydrogens (tertiary/aromatic N) is 5. The summed E-state index contributed by atoms with van der Waals surface area (Å²) in [6.45, 7) is 5.38. The summed E-state index contributed by atoms with van der Waals surface area (Å²) < 4.78 is 3.54. The van der Waals surface area contributed by atoms with E-state index in [1.165, 1.54) is 4.68 Å². The van der Waals surface area contributed by atoms with E-state index in [4.69, 9.17) is 0 Å². The van der Waals surface area contributed by atoms with Gasteiger partial charge in [0, 0.05) is 25.4 Å². The first-order chi connectivity index (χ1) is 11.0. The van der Waals surface area contributed by atoms with Gasteiger partial charge in [-0.3, -0.25) is 4.79 Å². The number of rotatable bonds is 1. The molecule has 1 aliphatic heterocycles. The van der Waals surface area contributed by atoms with Crippen molar-refractivity contribution in [2.75, 3.05) is 0 Å². The normalized spacial score (nSPS) is 16.5. The van der Waals surface area contributed by atoms with Crippen molar-refractivity contribution in [3.05, 3.63) is 40.4 Å². The number of hydrogen-bond donors (Lipinski definition) is 0. The second kappa shape index (κ2) is 4.75. The first-order valence-corrected chi connectivity index (χ1v) is 7.85. The van der Waals surface area contributed by atoms with Crippen LogP contribution in [0.2, 0.25) is 0 Å². The Hall–Kier alpha value is -2.50. The fourth-order valence-electron chi connectivity index (χ4n) is 3.28. The summed E-state index contributed by atoms with van der Waals surface area (Å²) >= 11 is 0. The van der Waals surface area contributed by atoms with E-state index in [1.54, 1.807) is 7.05 Å². The third-order valence-electron chi connectivity index (χ3n) is 4.61. The van der Waals surface area contributed by atoms with Crippen molar-refractivity contribution < 1.29 is 0 Å². The molecule has 0 saturated heterocycles. The summed E-state index contributed by atoms with van der Waals surface area (Å²) in [7, 11) is 1.68. The van der Waals surface area contributed by atoms with Crippen LogP contribution in [0.1, 0.15) is 26.1 Å². The molecule has 1 aliphatic rings. The Morgan fingerprint density at radius 2 is 1.87 bits per heavy atom. The summed E-state index contributed by atoms with van der Waals surface area (Å²) in [6, 6.07) is 7.55. The maximum absolute atomic E-state index is 12.3. The average molecular weight is 309 g/mol. The zero-order valence-corrected chi connectivity index (χ0v) is 13.6. The van der Waals surface area contributed by atoms with Crippen LogP contribution in [0.5, 0.6) is 0 Å². The third kappa shape index (κ3) is 2.17. The van der Waals surface area contributed by atoms with Gasteiger partial charge in [-0.2, -0.15) is 5.10 Å². The quantitative estimate of drug-likeness (QED) is 0.691. The van der Waals surface area contributed by atoms with Crippen molar-refractivity contribution in [2.45, 2.75) is 33.2 Å². The Balaban J connectivity index is 2.00. The largest absolute Gasteiger partial charge is 0.309 e. The van der Waals surface area contributed by atoms with Crippen LogP contribution in [-0.4, -0.2) is 24.5 Å². The molecule has 0 atom stereocenters. The molecule has 4 rings (SSSR count). The van der Waals surface area contributed by atoms with Gasteiger partial charge >= 0.3 is 0 Å². The summed E-state index contributed by atoms with van der Waals surface area (Å²) in [5.74, 6) is 1.75. The Kier molecular flexibility index (Phi) is 2.91. The third-order valence-corrected chi connectivity index (χ3v) is 4.61. The SMILES string of the molecule is Cn1nc(-c2nnc3n2CC(C)(C)CC3)c2ccccc2c1=O. The van der Waals surface area contributed by atoms with Gasteiger partial charge in [-0.15, -0.1) is 10.2 Å². The monoisotopic (exact) mass is 309 g/mol. The van der Waals surface area contributed by atoms with Crippen molar-refractivity contribution in [3.8, 4) is 11.5 Å². The molecule has 0 bridgehead atoms. The molecule has 0 spiro atoms. The standard InChI is InChI=1S/C17H19N5O/c1-17(2)9-8-13-18-19-15(22(13)10-17)14-11-6-4-5-7-12(11)16(23)21(3)20-14/h4-7H,8-10H2,1-3H3. The zero-order valence-electron chi connectivity index (χ0n) is 13.6. The molecule has 6 heteroatoms. The summed E-state index contributed by atoms with van der Waals surface area (Å²) in [6.07, 6.45) is 2.02. The molecule has 0 saturated carbocycles. The highest BCUT2D eigenvalue weighted by Crippen LogP contribution is 2.33. The molecule has 23 heavy (non-hydrogen) atoms. The van der Waals surface area contributed by atoms with E-state index >= 15 is 0 Å². The minimum Gasteiger partial charge on any atom is -0.309 e. The molecule has 0 N–H and O–H groups in total. The Morgan fingerprint density at radius 1 is 1.13 bits per heavy atom. The predicted octanol–water partition coefficient (Wildman–Crippen LogP) is 2.16. The van der Waals surface area contributed by atoms with E-state index in [2.05, 4.69) is 33.7 Å². The van der Waals surface area contributed by atoms with Gasteiger partial charge in [0.05, 0.1) is 5.39 Å². The van der Waals surface area contributed by atoms with Crippen molar-refractivity contribution in [3.63, 3.8) is 0 Å². The minimum absolute atomic E-state index is 0.0944. The van der Waals surface area contributed by atoms with Crippen LogP contribution in [0.4, 0.5) is 0 Å². The van der Waals surface area contributed by atoms with E-state index in [9.17, 15) is 4.79 Å². The smallest absolute Gasteiger partial charge is 0.274 e. The van der Waals surface area contributed by atoms with Crippen LogP contribution >= 0.6 is 0 Å². The fourth-order valence-corrected chi connectivity index (χ4v) is 3.28. The molecule has 0 aliphatic carbocycles. The lowest BCUT2D eigenvalue weighted by Gasteiger charge is -2.30. The molecule has 0 amide bonds. The predicted molar refractivity (Wildman–Crippen MR) is 88.1 cm³/mol. The molecule has 118 valence electrons. The summed E-state index contributed by atoms with van der Waals surface area (Å²) in [4.78, 5) is 12.3. The van der Waals surface area contributed by atoms with Gasteiger partial charge in [0.25, 0.3) is 5.56 Å². The highest BCUT2D eigenvalue weighted by Gasteiger charge is 2.29. The van der Waals surface area contributed by atoms with Crippen molar-refractivity contribution in [1.29, 1.82) is 0 Å². The summed E-state index contributed by atoms with van der Waals surface area (Å²) in [5.41, 5.74) is 0.836. The van der Waals surface area contributed by atoms with Crippen LogP contribution in [0.25, 0.3) is 22.3 Å². The van der Waals surface area contributed by atoms with E-state index in [-0.39, 0.29) is 11.0 Å². The van der Waals surface area contributed by atoms with Gasteiger partial charge in [0.2, 0.25) is 0 Å². The first kappa shape index (κ1) is 14.1. The van der Waals surface area contributed by atoms with Gasteiger partial charge < -0.3 is 4.57 Å². The van der Waals surface area contributed by atoms with Crippen LogP contribution < -0.4 is 5.56 Å². The first-order valence-electron chi connectivity index (χ1n) is 7.85. The van der Waals surface area contributed by atoms with Crippen molar-refractivity contribution in [2.24, 2.45) is 12.5 Å². The van der Waals surface area contributed by atoms with Gasteiger partial charge in [0.1, 0.15) is 11.5 Å². The Bertz CT molecular complexity index is 967. The second-order valence-electron chi connectivity index (χ2n) is 7.01. The lowest BCUT2D eigenvalue weighted by atomic mass is 9.85. The second-order valence-corrected chi connectivity index (χ2v) is 7.01.